The number of nitrogens with one attached hydrogen (secondary N) is 2. The van der Waals surface area contributed by atoms with Gasteiger partial charge in [-0.2, -0.15) is 5.10 Å². The quantitative estimate of drug-likeness (QED) is 0.468. The number of pyridine rings is 1. The number of carbonyl (C=O) groups excluding carboxylic acids is 2. The van der Waals surface area contributed by atoms with Crippen molar-refractivity contribution in [1.82, 2.24) is 20.1 Å². The van der Waals surface area contributed by atoms with Crippen molar-refractivity contribution in [3.8, 4) is 17.1 Å². The molecule has 0 saturated heterocycles. The number of fused-ring (bicyclic) bond motifs is 2. The van der Waals surface area contributed by atoms with Crippen molar-refractivity contribution in [2.24, 2.45) is 4.99 Å². The van der Waals surface area contributed by atoms with Gasteiger partial charge < -0.3 is 15.4 Å². The second kappa shape index (κ2) is 9.10. The van der Waals surface area contributed by atoms with Gasteiger partial charge in [0.2, 0.25) is 12.0 Å². The molecule has 2 aromatic carbocycles. The van der Waals surface area contributed by atoms with Gasteiger partial charge in [0.25, 0.3) is 11.8 Å². The third-order valence-corrected chi connectivity index (χ3v) is 6.08. The molecule has 0 aliphatic carbocycles. The summed E-state index contributed by atoms with van der Waals surface area (Å²) in [6, 6.07) is 20.6. The number of aliphatic imine (C=N–C) groups is 1. The van der Waals surface area contributed by atoms with Gasteiger partial charge in [0.05, 0.1) is 18.0 Å². The maximum Gasteiger partial charge on any atom is 0.269 e. The number of benzodiazepines with no additional fused rings is 1. The molecule has 0 fully saturated rings. The number of ether oxygens (including phenoxy) is 1. The first kappa shape index (κ1) is 21.7. The number of hydrogen-bond acceptors (Lipinski definition) is 6. The SMILES string of the molecule is O=C(N[C@H]1N=C(c2ccccc2)c2ccccc2NC1=O)c1c(-c2cccnc2)nn2c1OCCC2. The molecule has 0 saturated carbocycles. The van der Waals surface area contributed by atoms with E-state index in [1.807, 2.05) is 60.7 Å². The van der Waals surface area contributed by atoms with Crippen LogP contribution in [0.2, 0.25) is 0 Å². The molecular weight excluding hydrogens is 456 g/mol. The molecule has 0 bridgehead atoms. The molecule has 0 spiro atoms. The molecule has 2 aromatic heterocycles. The number of aryl methyl sites for hydroxylation is 1. The molecule has 2 N–H and O–H groups in total. The van der Waals surface area contributed by atoms with Crippen molar-refractivity contribution in [2.75, 3.05) is 11.9 Å². The number of nitrogens with zero attached hydrogens (tertiary/aromatic N) is 4. The second-order valence-electron chi connectivity index (χ2n) is 8.45. The fourth-order valence-electron chi connectivity index (χ4n) is 4.41. The van der Waals surface area contributed by atoms with E-state index >= 15 is 0 Å². The van der Waals surface area contributed by atoms with Gasteiger partial charge >= 0.3 is 0 Å². The summed E-state index contributed by atoms with van der Waals surface area (Å²) in [6.45, 7) is 1.11. The Kier molecular flexibility index (Phi) is 5.49. The minimum absolute atomic E-state index is 0.258. The third kappa shape index (κ3) is 3.90. The molecule has 9 nitrogen and oxygen atoms in total. The monoisotopic (exact) mass is 478 g/mol. The van der Waals surface area contributed by atoms with Gasteiger partial charge in [-0.3, -0.25) is 14.6 Å². The standard InChI is InChI=1S/C27H22N6O3/c34-25(21-23(18-10-6-13-28-16-18)32-33-14-7-15-36-27(21)33)31-24-26(35)29-20-12-5-4-11-19(20)22(30-24)17-8-2-1-3-9-17/h1-6,8-13,16,24H,7,14-15H2,(H,29,35)(H,31,34)/t24-/m1/s1. The van der Waals surface area contributed by atoms with Crippen molar-refractivity contribution in [3.63, 3.8) is 0 Å². The minimum atomic E-state index is -1.17. The highest BCUT2D eigenvalue weighted by Gasteiger charge is 2.32. The number of anilines is 1. The summed E-state index contributed by atoms with van der Waals surface area (Å²) >= 11 is 0. The van der Waals surface area contributed by atoms with Crippen LogP contribution in [0.4, 0.5) is 5.69 Å². The Morgan fingerprint density at radius 3 is 2.67 bits per heavy atom. The largest absolute Gasteiger partial charge is 0.477 e. The van der Waals surface area contributed by atoms with E-state index in [1.54, 1.807) is 23.1 Å². The predicted molar refractivity (Wildman–Crippen MR) is 134 cm³/mol. The normalized spacial score (nSPS) is 16.5. The summed E-state index contributed by atoms with van der Waals surface area (Å²) in [5.74, 6) is -0.562. The third-order valence-electron chi connectivity index (χ3n) is 6.08. The highest BCUT2D eigenvalue weighted by Crippen LogP contribution is 2.32. The van der Waals surface area contributed by atoms with Crippen molar-refractivity contribution >= 4 is 23.2 Å². The summed E-state index contributed by atoms with van der Waals surface area (Å²) in [5, 5.41) is 10.3. The summed E-state index contributed by atoms with van der Waals surface area (Å²) in [4.78, 5) is 35.8. The van der Waals surface area contributed by atoms with Gasteiger partial charge in [-0.25, -0.2) is 9.67 Å². The molecule has 9 heteroatoms. The lowest BCUT2D eigenvalue weighted by Gasteiger charge is -2.17. The summed E-state index contributed by atoms with van der Waals surface area (Å²) < 4.78 is 7.53. The first-order chi connectivity index (χ1) is 17.7. The lowest BCUT2D eigenvalue weighted by molar-refractivity contribution is -0.117. The van der Waals surface area contributed by atoms with Gasteiger partial charge in [0.15, 0.2) is 0 Å². The maximum atomic E-state index is 13.7. The molecule has 36 heavy (non-hydrogen) atoms. The van der Waals surface area contributed by atoms with E-state index in [4.69, 9.17) is 9.73 Å². The van der Waals surface area contributed by atoms with E-state index in [9.17, 15) is 9.59 Å². The van der Waals surface area contributed by atoms with Crippen LogP contribution in [-0.4, -0.2) is 45.1 Å². The lowest BCUT2D eigenvalue weighted by atomic mass is 10.0. The topological polar surface area (TPSA) is 111 Å². The van der Waals surface area contributed by atoms with Crippen LogP contribution in [0.25, 0.3) is 11.3 Å². The minimum Gasteiger partial charge on any atom is -0.477 e. The van der Waals surface area contributed by atoms with Crippen molar-refractivity contribution in [1.29, 1.82) is 0 Å². The Morgan fingerprint density at radius 1 is 1.03 bits per heavy atom. The maximum absolute atomic E-state index is 13.7. The highest BCUT2D eigenvalue weighted by molar-refractivity contribution is 6.20. The summed E-state index contributed by atoms with van der Waals surface area (Å²) in [7, 11) is 0. The van der Waals surface area contributed by atoms with Crippen LogP contribution in [0, 0.1) is 0 Å². The fraction of sp³-hybridized carbons (Fsp3) is 0.148. The Hall–Kier alpha value is -4.79. The molecule has 6 rings (SSSR count). The first-order valence-corrected chi connectivity index (χ1v) is 11.7. The van der Waals surface area contributed by atoms with Gasteiger partial charge in [-0.15, -0.1) is 0 Å². The number of amides is 2. The number of hydrogen-bond donors (Lipinski definition) is 2. The summed E-state index contributed by atoms with van der Waals surface area (Å²) in [6.07, 6.45) is 2.92. The van der Waals surface area contributed by atoms with Crippen molar-refractivity contribution in [3.05, 3.63) is 95.8 Å². The van der Waals surface area contributed by atoms with Crippen LogP contribution in [0.3, 0.4) is 0 Å². The van der Waals surface area contributed by atoms with Crippen LogP contribution < -0.4 is 15.4 Å². The Morgan fingerprint density at radius 2 is 1.83 bits per heavy atom. The average molecular weight is 479 g/mol. The zero-order valence-electron chi connectivity index (χ0n) is 19.2. The molecular formula is C27H22N6O3. The van der Waals surface area contributed by atoms with Crippen LogP contribution in [-0.2, 0) is 11.3 Å². The van der Waals surface area contributed by atoms with E-state index in [2.05, 4.69) is 20.7 Å². The van der Waals surface area contributed by atoms with Crippen molar-refractivity contribution in [2.45, 2.75) is 19.1 Å². The summed E-state index contributed by atoms with van der Waals surface area (Å²) in [5.41, 5.74) is 4.23. The molecule has 178 valence electrons. The number of para-hydroxylation sites is 1. The number of benzene rings is 2. The number of carbonyl (C=O) groups is 2. The fourth-order valence-corrected chi connectivity index (χ4v) is 4.41. The molecule has 2 aliphatic heterocycles. The van der Waals surface area contributed by atoms with E-state index in [1.165, 1.54) is 0 Å². The van der Waals surface area contributed by atoms with Gasteiger partial charge in [0, 0.05) is 42.0 Å². The van der Waals surface area contributed by atoms with Crippen LogP contribution in [0.15, 0.2) is 84.1 Å². The first-order valence-electron chi connectivity index (χ1n) is 11.7. The van der Waals surface area contributed by atoms with Gasteiger partial charge in [-0.05, 0) is 18.2 Å². The predicted octanol–water partition coefficient (Wildman–Crippen LogP) is 3.27. The van der Waals surface area contributed by atoms with Crippen molar-refractivity contribution < 1.29 is 14.3 Å². The molecule has 0 radical (unpaired) electrons. The van der Waals surface area contributed by atoms with Crippen LogP contribution >= 0.6 is 0 Å². The molecule has 1 atom stereocenters. The molecule has 4 aromatic rings. The zero-order chi connectivity index (χ0) is 24.5. The molecule has 4 heterocycles. The smallest absolute Gasteiger partial charge is 0.269 e. The Labute approximate surface area is 206 Å². The average Bonchev–Trinajstić information content (AvgIpc) is 3.26. The molecule has 2 amide bonds. The van der Waals surface area contributed by atoms with E-state index in [0.717, 1.165) is 17.5 Å². The van der Waals surface area contributed by atoms with Gasteiger partial charge in [-0.1, -0.05) is 48.5 Å². The van der Waals surface area contributed by atoms with E-state index < -0.39 is 18.0 Å². The van der Waals surface area contributed by atoms with E-state index in [-0.39, 0.29) is 5.56 Å². The van der Waals surface area contributed by atoms with Gasteiger partial charge in [0.1, 0.15) is 11.3 Å². The number of aromatic nitrogens is 3. The Bertz CT molecular complexity index is 1480. The Balaban J connectivity index is 1.41. The zero-order valence-corrected chi connectivity index (χ0v) is 19.2. The molecule has 0 unspecified atom stereocenters. The van der Waals surface area contributed by atoms with E-state index in [0.29, 0.717) is 41.7 Å². The lowest BCUT2D eigenvalue weighted by Crippen LogP contribution is -2.42. The van der Waals surface area contributed by atoms with Crippen LogP contribution in [0.5, 0.6) is 5.88 Å². The van der Waals surface area contributed by atoms with Crippen LogP contribution in [0.1, 0.15) is 27.9 Å². The second-order valence-corrected chi connectivity index (χ2v) is 8.45. The number of rotatable bonds is 4. The highest BCUT2D eigenvalue weighted by atomic mass is 16.5. The molecule has 2 aliphatic rings.